The summed E-state index contributed by atoms with van der Waals surface area (Å²) in [5.41, 5.74) is 1.25. The minimum Gasteiger partial charge on any atom is -0.396 e. The third-order valence-electron chi connectivity index (χ3n) is 3.01. The summed E-state index contributed by atoms with van der Waals surface area (Å²) in [7, 11) is 0. The molecule has 1 aromatic heterocycles. The Kier molecular flexibility index (Phi) is 4.11. The summed E-state index contributed by atoms with van der Waals surface area (Å²) in [6.07, 6.45) is 4.04. The molecule has 96 valence electrons. The lowest BCUT2D eigenvalue weighted by Crippen LogP contribution is -2.29. The molecule has 1 heterocycles. The lowest BCUT2D eigenvalue weighted by Gasteiger charge is -2.22. The molecule has 5 heteroatoms. The van der Waals surface area contributed by atoms with Crippen molar-refractivity contribution in [2.45, 2.75) is 38.6 Å². The van der Waals surface area contributed by atoms with E-state index in [1.807, 2.05) is 6.92 Å². The molecule has 0 saturated heterocycles. The second-order valence-electron chi connectivity index (χ2n) is 4.66. The maximum absolute atomic E-state index is 8.94. The second kappa shape index (κ2) is 5.78. The maximum atomic E-state index is 8.94. The van der Waals surface area contributed by atoms with Crippen LogP contribution >= 0.6 is 0 Å². The van der Waals surface area contributed by atoms with Gasteiger partial charge in [-0.05, 0) is 38.7 Å². The normalized spacial score (nSPS) is 14.3. The lowest BCUT2D eigenvalue weighted by atomic mass is 10.3. The Labute approximate surface area is 107 Å². The van der Waals surface area contributed by atoms with Crippen molar-refractivity contribution in [3.63, 3.8) is 0 Å². The molecule has 2 rings (SSSR count). The number of anilines is 1. The van der Waals surface area contributed by atoms with Gasteiger partial charge in [0.25, 0.3) is 0 Å². The minimum absolute atomic E-state index is 0.219. The van der Waals surface area contributed by atoms with Crippen LogP contribution in [-0.4, -0.2) is 34.3 Å². The largest absolute Gasteiger partial charge is 0.396 e. The smallest absolute Gasteiger partial charge is 0.227 e. The molecule has 18 heavy (non-hydrogen) atoms. The zero-order valence-corrected chi connectivity index (χ0v) is 10.6. The van der Waals surface area contributed by atoms with Crippen LogP contribution in [0.15, 0.2) is 6.07 Å². The molecule has 0 unspecified atom stereocenters. The van der Waals surface area contributed by atoms with Gasteiger partial charge in [0.15, 0.2) is 0 Å². The summed E-state index contributed by atoms with van der Waals surface area (Å²) in [4.78, 5) is 10.9. The molecule has 0 atom stereocenters. The van der Waals surface area contributed by atoms with E-state index in [0.717, 1.165) is 37.9 Å². The van der Waals surface area contributed by atoms with Gasteiger partial charge in [0.2, 0.25) is 5.95 Å². The topological polar surface area (TPSA) is 73.0 Å². The van der Waals surface area contributed by atoms with Crippen molar-refractivity contribution >= 4 is 5.95 Å². The van der Waals surface area contributed by atoms with Crippen LogP contribution in [0.4, 0.5) is 5.95 Å². The first-order chi connectivity index (χ1) is 8.74. The molecule has 5 nitrogen and oxygen atoms in total. The van der Waals surface area contributed by atoms with E-state index in [1.165, 1.54) is 0 Å². The maximum Gasteiger partial charge on any atom is 0.227 e. The molecule has 1 saturated carbocycles. The predicted molar refractivity (Wildman–Crippen MR) is 68.2 cm³/mol. The monoisotopic (exact) mass is 246 g/mol. The van der Waals surface area contributed by atoms with Crippen molar-refractivity contribution in [1.82, 2.24) is 9.97 Å². The number of nitriles is 1. The van der Waals surface area contributed by atoms with Crippen molar-refractivity contribution in [3.05, 3.63) is 17.5 Å². The van der Waals surface area contributed by atoms with E-state index in [-0.39, 0.29) is 6.61 Å². The number of aromatic nitrogens is 2. The van der Waals surface area contributed by atoms with Gasteiger partial charge in [0.1, 0.15) is 11.8 Å². The molecule has 0 aromatic carbocycles. The van der Waals surface area contributed by atoms with Crippen molar-refractivity contribution in [3.8, 4) is 6.07 Å². The highest BCUT2D eigenvalue weighted by molar-refractivity contribution is 5.38. The van der Waals surface area contributed by atoms with Crippen LogP contribution in [0.5, 0.6) is 0 Å². The molecular weight excluding hydrogens is 228 g/mol. The van der Waals surface area contributed by atoms with E-state index >= 15 is 0 Å². The van der Waals surface area contributed by atoms with Gasteiger partial charge in [-0.15, -0.1) is 0 Å². The standard InChI is InChI=1S/C13H18N4O/c1-10-8-11(9-14)16-13(15-10)17(12-4-5-12)6-2-3-7-18/h8,12,18H,2-7H2,1H3. The van der Waals surface area contributed by atoms with Gasteiger partial charge in [-0.3, -0.25) is 0 Å². The van der Waals surface area contributed by atoms with Crippen LogP contribution in [-0.2, 0) is 0 Å². The number of nitrogens with zero attached hydrogens (tertiary/aromatic N) is 4. The van der Waals surface area contributed by atoms with E-state index in [0.29, 0.717) is 17.7 Å². The first-order valence-corrected chi connectivity index (χ1v) is 6.38. The van der Waals surface area contributed by atoms with Gasteiger partial charge in [-0.1, -0.05) is 0 Å². The quantitative estimate of drug-likeness (QED) is 0.768. The number of rotatable bonds is 6. The number of hydrogen-bond acceptors (Lipinski definition) is 5. The Morgan fingerprint density at radius 2 is 2.22 bits per heavy atom. The lowest BCUT2D eigenvalue weighted by molar-refractivity contribution is 0.285. The summed E-state index contributed by atoms with van der Waals surface area (Å²) in [5, 5.41) is 17.8. The summed E-state index contributed by atoms with van der Waals surface area (Å²) in [6.45, 7) is 2.95. The second-order valence-corrected chi connectivity index (χ2v) is 4.66. The van der Waals surface area contributed by atoms with Gasteiger partial charge in [0, 0.05) is 24.9 Å². The molecule has 1 N–H and O–H groups in total. The molecule has 1 aliphatic carbocycles. The summed E-state index contributed by atoms with van der Waals surface area (Å²) >= 11 is 0. The third kappa shape index (κ3) is 3.17. The minimum atomic E-state index is 0.219. The van der Waals surface area contributed by atoms with Crippen molar-refractivity contribution in [1.29, 1.82) is 5.26 Å². The van der Waals surface area contributed by atoms with Gasteiger partial charge < -0.3 is 10.0 Å². The highest BCUT2D eigenvalue weighted by Gasteiger charge is 2.30. The zero-order valence-electron chi connectivity index (χ0n) is 10.6. The molecule has 1 aromatic rings. The van der Waals surface area contributed by atoms with E-state index < -0.39 is 0 Å². The highest BCUT2D eigenvalue weighted by atomic mass is 16.2. The number of unbranched alkanes of at least 4 members (excludes halogenated alkanes) is 1. The van der Waals surface area contributed by atoms with Crippen LogP contribution in [0, 0.1) is 18.3 Å². The first-order valence-electron chi connectivity index (χ1n) is 6.38. The van der Waals surface area contributed by atoms with Crippen LogP contribution in [0.3, 0.4) is 0 Å². The first kappa shape index (κ1) is 12.8. The van der Waals surface area contributed by atoms with Crippen LogP contribution < -0.4 is 4.90 Å². The van der Waals surface area contributed by atoms with Gasteiger partial charge in [-0.25, -0.2) is 9.97 Å². The van der Waals surface area contributed by atoms with Gasteiger partial charge >= 0.3 is 0 Å². The molecule has 0 bridgehead atoms. The Morgan fingerprint density at radius 3 is 2.83 bits per heavy atom. The molecule has 0 amide bonds. The SMILES string of the molecule is Cc1cc(C#N)nc(N(CCCCO)C2CC2)n1. The number of hydrogen-bond donors (Lipinski definition) is 1. The van der Waals surface area contributed by atoms with E-state index in [2.05, 4.69) is 20.9 Å². The van der Waals surface area contributed by atoms with Crippen molar-refractivity contribution in [2.75, 3.05) is 18.1 Å². The third-order valence-corrected chi connectivity index (χ3v) is 3.01. The van der Waals surface area contributed by atoms with E-state index in [4.69, 9.17) is 10.4 Å². The summed E-state index contributed by atoms with van der Waals surface area (Å²) < 4.78 is 0. The van der Waals surface area contributed by atoms with E-state index in [1.54, 1.807) is 6.07 Å². The number of aliphatic hydroxyl groups excluding tert-OH is 1. The Balaban J connectivity index is 2.14. The molecule has 0 spiro atoms. The van der Waals surface area contributed by atoms with E-state index in [9.17, 15) is 0 Å². The van der Waals surface area contributed by atoms with Crippen LogP contribution in [0.2, 0.25) is 0 Å². The average molecular weight is 246 g/mol. The van der Waals surface area contributed by atoms with Crippen LogP contribution in [0.1, 0.15) is 37.1 Å². The van der Waals surface area contributed by atoms with Crippen molar-refractivity contribution < 1.29 is 5.11 Å². The fourth-order valence-corrected chi connectivity index (χ4v) is 1.96. The summed E-state index contributed by atoms with van der Waals surface area (Å²) in [5.74, 6) is 0.659. The van der Waals surface area contributed by atoms with Gasteiger partial charge in [0.05, 0.1) is 0 Å². The fraction of sp³-hybridized carbons (Fsp3) is 0.615. The molecular formula is C13H18N4O. The van der Waals surface area contributed by atoms with Crippen molar-refractivity contribution in [2.24, 2.45) is 0 Å². The number of aliphatic hydroxyl groups is 1. The zero-order chi connectivity index (χ0) is 13.0. The van der Waals surface area contributed by atoms with Gasteiger partial charge in [-0.2, -0.15) is 5.26 Å². The fourth-order valence-electron chi connectivity index (χ4n) is 1.96. The molecule has 1 fully saturated rings. The Morgan fingerprint density at radius 1 is 1.44 bits per heavy atom. The molecule has 1 aliphatic rings. The number of aryl methyl sites for hydroxylation is 1. The van der Waals surface area contributed by atoms with Crippen LogP contribution in [0.25, 0.3) is 0 Å². The summed E-state index contributed by atoms with van der Waals surface area (Å²) in [6, 6.07) is 4.28. The highest BCUT2D eigenvalue weighted by Crippen LogP contribution is 2.30. The molecule has 0 radical (unpaired) electrons. The Bertz CT molecular complexity index is 451. The average Bonchev–Trinajstić information content (AvgIpc) is 3.18. The Hall–Kier alpha value is -1.67. The predicted octanol–water partition coefficient (Wildman–Crippen LogP) is 1.40. The molecule has 0 aliphatic heterocycles.